The molecule has 20 heteroatoms. The number of oxime groups is 1. The van der Waals surface area contributed by atoms with Crippen molar-refractivity contribution in [2.75, 3.05) is 5.73 Å². The summed E-state index contributed by atoms with van der Waals surface area (Å²) in [5.74, 6) is 0.723. The highest BCUT2D eigenvalue weighted by atomic mass is 32.3. The van der Waals surface area contributed by atoms with Crippen molar-refractivity contribution < 1.29 is 46.3 Å². The number of carbonyl (C=O) groups excluding carboxylic acids is 2. The maximum absolute atomic E-state index is 11.2. The zero-order chi connectivity index (χ0) is 37.9. The van der Waals surface area contributed by atoms with Crippen LogP contribution in [0.25, 0.3) is 0 Å². The van der Waals surface area contributed by atoms with Gasteiger partial charge in [0.05, 0.1) is 11.6 Å². The minimum atomic E-state index is -4.74. The van der Waals surface area contributed by atoms with Crippen molar-refractivity contribution in [1.82, 2.24) is 15.4 Å². The number of β-lactam (4-membered cyclic amide) rings is 1. The van der Waals surface area contributed by atoms with Gasteiger partial charge >= 0.3 is 10.4 Å². The van der Waals surface area contributed by atoms with Gasteiger partial charge in [-0.2, -0.15) is 13.5 Å². The molecular weight excluding hydrogens is 709 g/mol. The van der Waals surface area contributed by atoms with Crippen LogP contribution in [-0.4, -0.2) is 94.3 Å². The number of nitrogens with zero attached hydrogens (tertiary/aromatic N) is 4. The average molecular weight is 755 g/mol. The van der Waals surface area contributed by atoms with Gasteiger partial charge in [0.1, 0.15) is 35.1 Å². The minimum Gasteiger partial charge on any atom is -0.486 e. The molecule has 2 amide bonds. The number of carbonyl (C=O) groups is 3. The number of amidine groups is 1. The van der Waals surface area contributed by atoms with Crippen LogP contribution in [0.3, 0.4) is 0 Å². The highest BCUT2D eigenvalue weighted by Crippen LogP contribution is 2.33. The third kappa shape index (κ3) is 11.6. The molecule has 1 saturated carbocycles. The molecule has 3 aliphatic rings. The Hall–Kier alpha value is -4.37. The fraction of sp³-hybridized carbons (Fsp3) is 0.548. The van der Waals surface area contributed by atoms with Crippen LogP contribution < -0.4 is 27.3 Å². The van der Waals surface area contributed by atoms with Crippen molar-refractivity contribution in [2.24, 2.45) is 21.6 Å². The van der Waals surface area contributed by atoms with E-state index in [9.17, 15) is 18.0 Å². The molecule has 282 valence electrons. The van der Waals surface area contributed by atoms with Gasteiger partial charge in [0, 0.05) is 17.0 Å². The van der Waals surface area contributed by atoms with E-state index in [2.05, 4.69) is 25.8 Å². The van der Waals surface area contributed by atoms with E-state index >= 15 is 0 Å². The monoisotopic (exact) mass is 754 g/mol. The van der Waals surface area contributed by atoms with Crippen molar-refractivity contribution in [1.29, 1.82) is 0 Å². The first-order valence-electron chi connectivity index (χ1n) is 16.1. The Balaban J connectivity index is 0.000000326. The first kappa shape index (κ1) is 41.1. The zero-order valence-electron chi connectivity index (χ0n) is 28.8. The van der Waals surface area contributed by atoms with Gasteiger partial charge in [0.15, 0.2) is 11.2 Å². The van der Waals surface area contributed by atoms with Gasteiger partial charge in [0.2, 0.25) is 6.41 Å². The molecule has 3 heterocycles. The maximum atomic E-state index is 11.2. The van der Waals surface area contributed by atoms with E-state index < -0.39 is 27.9 Å². The van der Waals surface area contributed by atoms with E-state index in [0.717, 1.165) is 67.5 Å². The number of aromatic nitrogens is 1. The molecule has 9 N–H and O–H groups in total. The van der Waals surface area contributed by atoms with Crippen molar-refractivity contribution in [2.45, 2.75) is 109 Å². The number of fused-ring (bicyclic) bond motifs is 1. The van der Waals surface area contributed by atoms with E-state index in [0.29, 0.717) is 34.2 Å². The van der Waals surface area contributed by atoms with Crippen LogP contribution in [0.2, 0.25) is 0 Å². The van der Waals surface area contributed by atoms with Gasteiger partial charge in [0.25, 0.3) is 12.4 Å². The second-order valence-corrected chi connectivity index (χ2v) is 14.5. The average Bonchev–Trinajstić information content (AvgIpc) is 3.42. The highest BCUT2D eigenvalue weighted by molar-refractivity contribution is 7.80. The standard InChI is InChI=1S/C24H34N6O2S.C6H10N2O6S.CH2O2/c1-14(20-13-33-24(27)29-20)30-32-15(2)21-10-6-16-12-17(7-11-22(16)31-21)23(26)28-19-5-3-4-18(25)8-9-19;1-6(2)4(7-3-9)5(10)8(6)14-15(11,12)13;2-1-3/h7,11-13,15,18-19,21H,3-6,8-10,25H2,1-2H3,(H2,26,28)(H2,27,29);3-4H,1-2H3,(H,7,9)(H,11,12,13);1H,(H,2,3)/b30-14+;;. The van der Waals surface area contributed by atoms with Crippen molar-refractivity contribution in [3.63, 3.8) is 0 Å². The Labute approximate surface area is 300 Å². The zero-order valence-corrected chi connectivity index (χ0v) is 30.4. The molecule has 5 rings (SSSR count). The number of hydroxylamine groups is 2. The Morgan fingerprint density at radius 2 is 1.94 bits per heavy atom. The summed E-state index contributed by atoms with van der Waals surface area (Å²) in [6.07, 6.45) is 7.05. The summed E-state index contributed by atoms with van der Waals surface area (Å²) in [6.45, 7) is 6.52. The van der Waals surface area contributed by atoms with Crippen LogP contribution in [0, 0.1) is 0 Å². The molecule has 51 heavy (non-hydrogen) atoms. The van der Waals surface area contributed by atoms with Gasteiger partial charge in [-0.1, -0.05) is 5.16 Å². The molecule has 1 aromatic heterocycles. The number of benzene rings is 1. The van der Waals surface area contributed by atoms with Crippen molar-refractivity contribution in [3.05, 3.63) is 40.4 Å². The summed E-state index contributed by atoms with van der Waals surface area (Å²) in [5.41, 5.74) is 20.7. The first-order chi connectivity index (χ1) is 24.0. The quantitative estimate of drug-likeness (QED) is 0.0384. The number of hydrogen-bond acceptors (Lipinski definition) is 14. The lowest BCUT2D eigenvalue weighted by molar-refractivity contribution is -0.218. The fourth-order valence-corrected chi connectivity index (χ4v) is 6.73. The summed E-state index contributed by atoms with van der Waals surface area (Å²) >= 11 is 1.38. The third-order valence-electron chi connectivity index (χ3n) is 8.49. The second kappa shape index (κ2) is 18.2. The molecular formula is C31H46N8O10S2. The normalized spacial score (nSPS) is 23.6. The number of hydrogen-bond donors (Lipinski definition) is 6. The number of amides is 2. The van der Waals surface area contributed by atoms with Gasteiger partial charge < -0.3 is 37.2 Å². The number of rotatable bonds is 10. The van der Waals surface area contributed by atoms with Crippen molar-refractivity contribution in [3.8, 4) is 5.75 Å². The Morgan fingerprint density at radius 3 is 2.55 bits per heavy atom. The van der Waals surface area contributed by atoms with Crippen LogP contribution >= 0.6 is 11.3 Å². The van der Waals surface area contributed by atoms with Crippen LogP contribution in [0.1, 0.15) is 83.0 Å². The summed E-state index contributed by atoms with van der Waals surface area (Å²) in [4.78, 5) is 44.5. The van der Waals surface area contributed by atoms with Crippen LogP contribution in [-0.2, 0) is 40.3 Å². The lowest BCUT2D eigenvalue weighted by Gasteiger charge is -2.50. The van der Waals surface area contributed by atoms with Gasteiger partial charge in [-0.15, -0.1) is 15.6 Å². The van der Waals surface area contributed by atoms with Crippen molar-refractivity contribution >= 4 is 57.2 Å². The lowest BCUT2D eigenvalue weighted by atomic mass is 9.85. The Bertz CT molecular complexity index is 1680. The van der Waals surface area contributed by atoms with Gasteiger partial charge in [-0.05, 0) is 96.4 Å². The number of anilines is 1. The molecule has 0 spiro atoms. The molecule has 18 nitrogen and oxygen atoms in total. The Kier molecular flexibility index (Phi) is 14.7. The third-order valence-corrected chi connectivity index (χ3v) is 9.50. The summed E-state index contributed by atoms with van der Waals surface area (Å²) in [6, 6.07) is 5.78. The van der Waals surface area contributed by atoms with Gasteiger partial charge in [-0.3, -0.25) is 23.9 Å². The minimum absolute atomic E-state index is 0.0818. The van der Waals surface area contributed by atoms with E-state index in [-0.39, 0.29) is 24.7 Å². The molecule has 1 saturated heterocycles. The molecule has 2 fully saturated rings. The number of thiazole rings is 1. The molecule has 5 atom stereocenters. The largest absolute Gasteiger partial charge is 0.486 e. The van der Waals surface area contributed by atoms with Crippen LogP contribution in [0.4, 0.5) is 5.13 Å². The second-order valence-electron chi connectivity index (χ2n) is 12.6. The number of aryl methyl sites for hydroxylation is 1. The predicted octanol–water partition coefficient (Wildman–Crippen LogP) is 1.77. The topological polar surface area (TPSA) is 284 Å². The number of carboxylic acid groups (broad SMARTS) is 1. The number of aliphatic imine (C=N–C) groups is 1. The summed E-state index contributed by atoms with van der Waals surface area (Å²) in [5, 5.41) is 16.2. The molecule has 0 radical (unpaired) electrons. The van der Waals surface area contributed by atoms with Crippen LogP contribution in [0.15, 0.2) is 33.7 Å². The molecule has 0 bridgehead atoms. The molecule has 1 aliphatic carbocycles. The van der Waals surface area contributed by atoms with Gasteiger partial charge in [-0.25, -0.2) is 4.98 Å². The smallest absolute Gasteiger partial charge is 0.418 e. The maximum Gasteiger partial charge on any atom is 0.418 e. The van der Waals surface area contributed by atoms with Crippen LogP contribution in [0.5, 0.6) is 5.75 Å². The van der Waals surface area contributed by atoms with E-state index in [1.165, 1.54) is 25.2 Å². The fourth-order valence-electron chi connectivity index (χ4n) is 5.67. The first-order valence-corrected chi connectivity index (χ1v) is 18.3. The summed E-state index contributed by atoms with van der Waals surface area (Å²) < 4.78 is 39.4. The van der Waals surface area contributed by atoms with E-state index in [4.69, 9.17) is 46.2 Å². The number of nitrogen functional groups attached to an aromatic ring is 1. The summed E-state index contributed by atoms with van der Waals surface area (Å²) in [7, 11) is -4.74. The molecule has 5 unspecified atom stereocenters. The lowest BCUT2D eigenvalue weighted by Crippen LogP contribution is -2.75. The highest BCUT2D eigenvalue weighted by Gasteiger charge is 2.57. The van der Waals surface area contributed by atoms with E-state index in [1.807, 2.05) is 31.4 Å². The predicted molar refractivity (Wildman–Crippen MR) is 189 cm³/mol. The molecule has 1 aromatic carbocycles. The molecule has 2 aromatic rings. The Morgan fingerprint density at radius 1 is 1.24 bits per heavy atom. The number of ether oxygens (including phenoxy) is 1. The number of nitrogens with two attached hydrogens (primary N) is 3. The number of nitrogens with one attached hydrogen (secondary N) is 1. The molecule has 2 aliphatic heterocycles. The van der Waals surface area contributed by atoms with E-state index in [1.54, 1.807) is 0 Å². The SMILES string of the molecule is C/C(=N\OC(C)C1CCc2cc(C(N)=NC3CCCC(N)CC3)ccc2O1)c1csc(N)n1.CC1(C)C(NC=O)C(=O)N1OS(=O)(=O)O.O=CO.